The fourth-order valence-electron chi connectivity index (χ4n) is 1.78. The molecule has 1 aliphatic rings. The lowest BCUT2D eigenvalue weighted by atomic mass is 9.80. The molecule has 0 aromatic heterocycles. The second-order valence-corrected chi connectivity index (χ2v) is 4.21. The van der Waals surface area contributed by atoms with Crippen molar-refractivity contribution >= 4 is 12.6 Å². The van der Waals surface area contributed by atoms with E-state index in [0.29, 0.717) is 6.61 Å². The highest BCUT2D eigenvalue weighted by atomic mass is 32.1. The van der Waals surface area contributed by atoms with E-state index in [4.69, 9.17) is 9.47 Å². The van der Waals surface area contributed by atoms with E-state index in [9.17, 15) is 0 Å². The fraction of sp³-hybridized carbons (Fsp3) is 0.500. The Kier molecular flexibility index (Phi) is 3.22. The number of hydrogen-bond acceptors (Lipinski definition) is 3. The zero-order valence-electron chi connectivity index (χ0n) is 8.90. The van der Waals surface area contributed by atoms with Crippen molar-refractivity contribution < 1.29 is 9.47 Å². The predicted molar refractivity (Wildman–Crippen MR) is 64.0 cm³/mol. The van der Waals surface area contributed by atoms with Gasteiger partial charge in [0, 0.05) is 5.75 Å². The number of ether oxygens (including phenoxy) is 2. The van der Waals surface area contributed by atoms with E-state index >= 15 is 0 Å². The van der Waals surface area contributed by atoms with Gasteiger partial charge >= 0.3 is 0 Å². The van der Waals surface area contributed by atoms with Crippen LogP contribution in [0.3, 0.4) is 0 Å². The van der Waals surface area contributed by atoms with Gasteiger partial charge in [0.15, 0.2) is 0 Å². The van der Waals surface area contributed by atoms with Crippen LogP contribution in [0, 0.1) is 0 Å². The number of benzene rings is 1. The minimum Gasteiger partial charge on any atom is -0.494 e. The zero-order chi connectivity index (χ0) is 10.7. The van der Waals surface area contributed by atoms with Gasteiger partial charge in [-0.1, -0.05) is 12.1 Å². The Morgan fingerprint density at radius 3 is 2.80 bits per heavy atom. The Balaban J connectivity index is 2.23. The number of thiol groups is 1. The van der Waals surface area contributed by atoms with Crippen LogP contribution in [-0.4, -0.2) is 25.6 Å². The standard InChI is InChI=1S/C12H16O2S/c1-2-14-11-5-3-4-10(6-11)12(9-15)7-13-8-12/h3-6,15H,2,7-9H2,1H3. The third kappa shape index (κ3) is 1.99. The molecule has 0 unspecified atom stereocenters. The summed E-state index contributed by atoms with van der Waals surface area (Å²) in [6.07, 6.45) is 0. The van der Waals surface area contributed by atoms with Crippen molar-refractivity contribution in [3.05, 3.63) is 29.8 Å². The first-order valence-electron chi connectivity index (χ1n) is 5.23. The lowest BCUT2D eigenvalue weighted by Crippen LogP contribution is -2.48. The average molecular weight is 224 g/mol. The Morgan fingerprint density at radius 2 is 2.27 bits per heavy atom. The highest BCUT2D eigenvalue weighted by Crippen LogP contribution is 2.34. The Morgan fingerprint density at radius 1 is 1.47 bits per heavy atom. The van der Waals surface area contributed by atoms with Crippen LogP contribution in [0.2, 0.25) is 0 Å². The molecular weight excluding hydrogens is 208 g/mol. The molecule has 0 spiro atoms. The van der Waals surface area contributed by atoms with E-state index in [0.717, 1.165) is 24.7 Å². The van der Waals surface area contributed by atoms with Gasteiger partial charge in [-0.3, -0.25) is 0 Å². The first-order chi connectivity index (χ1) is 7.30. The molecule has 82 valence electrons. The predicted octanol–water partition coefficient (Wildman–Crippen LogP) is 2.28. The molecule has 1 heterocycles. The second-order valence-electron chi connectivity index (χ2n) is 3.89. The topological polar surface area (TPSA) is 18.5 Å². The first kappa shape index (κ1) is 10.8. The average Bonchev–Trinajstić information content (AvgIpc) is 2.18. The Bertz CT molecular complexity index is 329. The molecule has 1 saturated heterocycles. The van der Waals surface area contributed by atoms with Crippen LogP contribution in [0.25, 0.3) is 0 Å². The minimum atomic E-state index is 0.107. The summed E-state index contributed by atoms with van der Waals surface area (Å²) in [4.78, 5) is 0. The van der Waals surface area contributed by atoms with Gasteiger partial charge in [0.1, 0.15) is 5.75 Å². The van der Waals surface area contributed by atoms with Crippen molar-refractivity contribution in [1.29, 1.82) is 0 Å². The monoisotopic (exact) mass is 224 g/mol. The maximum Gasteiger partial charge on any atom is 0.119 e. The van der Waals surface area contributed by atoms with Crippen LogP contribution in [0.1, 0.15) is 12.5 Å². The van der Waals surface area contributed by atoms with Crippen LogP contribution >= 0.6 is 12.6 Å². The normalized spacial score (nSPS) is 18.3. The summed E-state index contributed by atoms with van der Waals surface area (Å²) in [5.41, 5.74) is 1.38. The summed E-state index contributed by atoms with van der Waals surface area (Å²) in [6.45, 7) is 4.24. The van der Waals surface area contributed by atoms with Gasteiger partial charge in [-0.05, 0) is 24.6 Å². The van der Waals surface area contributed by atoms with Gasteiger partial charge in [-0.2, -0.15) is 12.6 Å². The smallest absolute Gasteiger partial charge is 0.119 e. The van der Waals surface area contributed by atoms with Crippen molar-refractivity contribution in [2.24, 2.45) is 0 Å². The third-order valence-electron chi connectivity index (χ3n) is 2.82. The Labute approximate surface area is 96.0 Å². The van der Waals surface area contributed by atoms with E-state index in [-0.39, 0.29) is 5.41 Å². The molecule has 1 aromatic carbocycles. The summed E-state index contributed by atoms with van der Waals surface area (Å²) in [5.74, 6) is 1.76. The summed E-state index contributed by atoms with van der Waals surface area (Å²) >= 11 is 4.41. The second kappa shape index (κ2) is 4.45. The highest BCUT2D eigenvalue weighted by molar-refractivity contribution is 7.80. The zero-order valence-corrected chi connectivity index (χ0v) is 9.80. The SMILES string of the molecule is CCOc1cccc(C2(CS)COC2)c1. The van der Waals surface area contributed by atoms with Gasteiger partial charge in [-0.15, -0.1) is 0 Å². The highest BCUT2D eigenvalue weighted by Gasteiger charge is 2.39. The van der Waals surface area contributed by atoms with Crippen molar-refractivity contribution in [3.63, 3.8) is 0 Å². The molecule has 15 heavy (non-hydrogen) atoms. The lowest BCUT2D eigenvalue weighted by molar-refractivity contribution is -0.0471. The van der Waals surface area contributed by atoms with E-state index in [1.165, 1.54) is 5.56 Å². The van der Waals surface area contributed by atoms with Crippen molar-refractivity contribution in [2.75, 3.05) is 25.6 Å². The molecule has 0 aliphatic carbocycles. The van der Waals surface area contributed by atoms with Crippen molar-refractivity contribution in [2.45, 2.75) is 12.3 Å². The van der Waals surface area contributed by atoms with E-state index in [1.807, 2.05) is 19.1 Å². The maximum atomic E-state index is 5.49. The number of rotatable bonds is 4. The summed E-state index contributed by atoms with van der Waals surface area (Å²) in [7, 11) is 0. The molecule has 1 aliphatic heterocycles. The quantitative estimate of drug-likeness (QED) is 0.791. The molecule has 0 N–H and O–H groups in total. The molecule has 2 rings (SSSR count). The lowest BCUT2D eigenvalue weighted by Gasteiger charge is -2.40. The largest absolute Gasteiger partial charge is 0.494 e. The van der Waals surface area contributed by atoms with Crippen LogP contribution < -0.4 is 4.74 Å². The van der Waals surface area contributed by atoms with Gasteiger partial charge in [0.05, 0.1) is 25.2 Å². The summed E-state index contributed by atoms with van der Waals surface area (Å²) in [5, 5.41) is 0. The summed E-state index contributed by atoms with van der Waals surface area (Å²) in [6, 6.07) is 8.24. The molecule has 0 bridgehead atoms. The molecule has 0 saturated carbocycles. The van der Waals surface area contributed by atoms with E-state index < -0.39 is 0 Å². The van der Waals surface area contributed by atoms with Gasteiger partial charge in [0.25, 0.3) is 0 Å². The molecule has 1 fully saturated rings. The van der Waals surface area contributed by atoms with Gasteiger partial charge in [-0.25, -0.2) is 0 Å². The fourth-order valence-corrected chi connectivity index (χ4v) is 2.15. The van der Waals surface area contributed by atoms with E-state index in [1.54, 1.807) is 0 Å². The Hall–Kier alpha value is -0.670. The molecular formula is C12H16O2S. The molecule has 2 nitrogen and oxygen atoms in total. The maximum absolute atomic E-state index is 5.49. The van der Waals surface area contributed by atoms with Gasteiger partial charge < -0.3 is 9.47 Å². The molecule has 3 heteroatoms. The van der Waals surface area contributed by atoms with Crippen LogP contribution in [0.15, 0.2) is 24.3 Å². The van der Waals surface area contributed by atoms with Gasteiger partial charge in [0.2, 0.25) is 0 Å². The third-order valence-corrected chi connectivity index (χ3v) is 3.42. The number of hydrogen-bond donors (Lipinski definition) is 1. The van der Waals surface area contributed by atoms with Crippen molar-refractivity contribution in [3.8, 4) is 5.75 Å². The minimum absolute atomic E-state index is 0.107. The molecule has 0 amide bonds. The van der Waals surface area contributed by atoms with Crippen molar-refractivity contribution in [1.82, 2.24) is 0 Å². The first-order valence-corrected chi connectivity index (χ1v) is 5.86. The molecule has 1 aromatic rings. The van der Waals surface area contributed by atoms with Crippen LogP contribution in [0.5, 0.6) is 5.75 Å². The van der Waals surface area contributed by atoms with E-state index in [2.05, 4.69) is 24.8 Å². The summed E-state index contributed by atoms with van der Waals surface area (Å²) < 4.78 is 10.8. The molecule has 0 radical (unpaired) electrons. The molecule has 0 atom stereocenters. The van der Waals surface area contributed by atoms with Crippen LogP contribution in [-0.2, 0) is 10.2 Å². The van der Waals surface area contributed by atoms with Crippen LogP contribution in [0.4, 0.5) is 0 Å².